The molecule has 0 atom stereocenters. The van der Waals surface area contributed by atoms with Gasteiger partial charge in [-0.05, 0) is 25.0 Å². The third kappa shape index (κ3) is 4.62. The van der Waals surface area contributed by atoms with Crippen molar-refractivity contribution in [2.45, 2.75) is 24.8 Å². The number of rotatable bonds is 7. The lowest BCUT2D eigenvalue weighted by atomic mass is 9.78. The molecule has 5 aromatic rings. The van der Waals surface area contributed by atoms with Gasteiger partial charge in [-0.15, -0.1) is 0 Å². The lowest BCUT2D eigenvalue weighted by molar-refractivity contribution is 0.0401. The van der Waals surface area contributed by atoms with Crippen molar-refractivity contribution in [2.24, 2.45) is 0 Å². The van der Waals surface area contributed by atoms with E-state index in [0.717, 1.165) is 96.9 Å². The van der Waals surface area contributed by atoms with Crippen LogP contribution in [0.4, 0.5) is 5.82 Å². The molecule has 7 rings (SSSR count). The lowest BCUT2D eigenvalue weighted by Gasteiger charge is -2.46. The van der Waals surface area contributed by atoms with Crippen molar-refractivity contribution in [1.29, 1.82) is 0 Å². The Bertz CT molecular complexity index is 1640. The van der Waals surface area contributed by atoms with Crippen LogP contribution in [0.25, 0.3) is 38.9 Å². The first kappa shape index (κ1) is 25.1. The quantitative estimate of drug-likeness (QED) is 0.325. The molecule has 4 heterocycles. The van der Waals surface area contributed by atoms with Gasteiger partial charge in [0.25, 0.3) is 0 Å². The van der Waals surface area contributed by atoms with Crippen LogP contribution in [0.3, 0.4) is 0 Å². The maximum Gasteiger partial charge on any atom is 0.150 e. The summed E-state index contributed by atoms with van der Waals surface area (Å²) in [6, 6.07) is 21.5. The Hall–Kier alpha value is -3.85. The summed E-state index contributed by atoms with van der Waals surface area (Å²) in [6.45, 7) is 6.31. The van der Waals surface area contributed by atoms with Crippen LogP contribution in [0, 0.1) is 0 Å². The number of imidazole rings is 1. The first-order valence-electron chi connectivity index (χ1n) is 14.2. The number of hydrogen-bond donors (Lipinski definition) is 1. The fraction of sp³-hybridized carbons (Fsp3) is 0.344. The van der Waals surface area contributed by atoms with Crippen molar-refractivity contribution < 1.29 is 4.74 Å². The van der Waals surface area contributed by atoms with Crippen molar-refractivity contribution in [3.63, 3.8) is 0 Å². The predicted molar refractivity (Wildman–Crippen MR) is 159 cm³/mol. The number of nitrogens with zero attached hydrogens (tertiary/aromatic N) is 6. The van der Waals surface area contributed by atoms with Gasteiger partial charge in [0.05, 0.1) is 17.8 Å². The Morgan fingerprint density at radius 1 is 0.925 bits per heavy atom. The van der Waals surface area contributed by atoms with E-state index in [-0.39, 0.29) is 0 Å². The van der Waals surface area contributed by atoms with Crippen molar-refractivity contribution in [3.8, 4) is 22.5 Å². The minimum Gasteiger partial charge on any atom is -0.383 e. The number of nitrogens with two attached hydrogens (primary N) is 1. The van der Waals surface area contributed by atoms with Crippen LogP contribution in [-0.2, 0) is 4.74 Å². The minimum atomic E-state index is 0.405. The van der Waals surface area contributed by atoms with Gasteiger partial charge in [-0.3, -0.25) is 14.2 Å². The van der Waals surface area contributed by atoms with Gasteiger partial charge in [-0.25, -0.2) is 15.0 Å². The van der Waals surface area contributed by atoms with E-state index in [0.29, 0.717) is 17.8 Å². The molecule has 0 radical (unpaired) electrons. The van der Waals surface area contributed by atoms with E-state index >= 15 is 0 Å². The summed E-state index contributed by atoms with van der Waals surface area (Å²) in [5, 5.41) is 1.10. The third-order valence-corrected chi connectivity index (χ3v) is 8.66. The van der Waals surface area contributed by atoms with E-state index in [1.807, 2.05) is 24.4 Å². The van der Waals surface area contributed by atoms with Gasteiger partial charge in [0.15, 0.2) is 0 Å². The lowest BCUT2D eigenvalue weighted by Crippen LogP contribution is -2.54. The molecule has 8 heteroatoms. The van der Waals surface area contributed by atoms with Gasteiger partial charge < -0.3 is 10.5 Å². The SMILES string of the molecule is COCCN1CCN(C2CC(c3nc(-c4ccc5ccc(-c6ccccc6)nc5c4)c4c(N)nccn34)C2)CC1. The molecule has 0 unspecified atom stereocenters. The number of hydrogen-bond acceptors (Lipinski definition) is 7. The molecule has 1 aliphatic heterocycles. The standard InChI is InChI=1S/C32H35N7O/c1-40-18-17-37-13-15-38(16-14-37)26-19-25(20-26)32-36-29(30-31(33)34-11-12-39(30)32)24-8-7-23-9-10-27(35-28(23)21-24)22-5-3-2-4-6-22/h2-12,21,25-26H,13-20H2,1H3,(H2,33,34). The normalized spacial score (nSPS) is 20.2. The molecule has 1 saturated heterocycles. The second-order valence-corrected chi connectivity index (χ2v) is 11.0. The number of fused-ring (bicyclic) bond motifs is 2. The molecule has 2 aromatic carbocycles. The Balaban J connectivity index is 1.16. The highest BCUT2D eigenvalue weighted by molar-refractivity contribution is 5.91. The summed E-state index contributed by atoms with van der Waals surface area (Å²) in [6.07, 6.45) is 6.03. The molecule has 8 nitrogen and oxygen atoms in total. The first-order valence-corrected chi connectivity index (χ1v) is 14.2. The van der Waals surface area contributed by atoms with Crippen LogP contribution in [0.15, 0.2) is 73.1 Å². The van der Waals surface area contributed by atoms with Crippen LogP contribution in [-0.4, -0.2) is 81.6 Å². The highest BCUT2D eigenvalue weighted by atomic mass is 16.5. The van der Waals surface area contributed by atoms with E-state index < -0.39 is 0 Å². The van der Waals surface area contributed by atoms with Crippen molar-refractivity contribution in [2.75, 3.05) is 52.2 Å². The van der Waals surface area contributed by atoms with Gasteiger partial charge >= 0.3 is 0 Å². The van der Waals surface area contributed by atoms with E-state index in [4.69, 9.17) is 20.4 Å². The van der Waals surface area contributed by atoms with Gasteiger partial charge in [0.2, 0.25) is 0 Å². The monoisotopic (exact) mass is 533 g/mol. The number of ether oxygens (including phenoxy) is 1. The topological polar surface area (TPSA) is 84.8 Å². The molecular formula is C32H35N7O. The maximum absolute atomic E-state index is 6.46. The van der Waals surface area contributed by atoms with Crippen molar-refractivity contribution in [3.05, 3.63) is 78.9 Å². The Morgan fingerprint density at radius 2 is 1.73 bits per heavy atom. The molecule has 2 fully saturated rings. The molecule has 0 spiro atoms. The summed E-state index contributed by atoms with van der Waals surface area (Å²) in [5.74, 6) is 1.99. The zero-order chi connectivity index (χ0) is 27.1. The van der Waals surface area contributed by atoms with E-state index in [2.05, 4.69) is 61.6 Å². The number of pyridine rings is 1. The second kappa shape index (κ2) is 10.6. The molecule has 3 aromatic heterocycles. The molecule has 204 valence electrons. The molecule has 40 heavy (non-hydrogen) atoms. The molecule has 0 bridgehead atoms. The van der Waals surface area contributed by atoms with Gasteiger partial charge in [-0.1, -0.05) is 48.5 Å². The molecule has 0 amide bonds. The highest BCUT2D eigenvalue weighted by Crippen LogP contribution is 2.42. The second-order valence-electron chi connectivity index (χ2n) is 11.0. The minimum absolute atomic E-state index is 0.405. The molecule has 1 saturated carbocycles. The Morgan fingerprint density at radius 3 is 2.52 bits per heavy atom. The number of methoxy groups -OCH3 is 1. The van der Waals surface area contributed by atoms with E-state index in [1.165, 1.54) is 0 Å². The third-order valence-electron chi connectivity index (χ3n) is 8.66. The van der Waals surface area contributed by atoms with Gasteiger partial charge in [0, 0.05) is 80.7 Å². The summed E-state index contributed by atoms with van der Waals surface area (Å²) in [7, 11) is 1.78. The van der Waals surface area contributed by atoms with E-state index in [1.54, 1.807) is 13.3 Å². The maximum atomic E-state index is 6.46. The van der Waals surface area contributed by atoms with Crippen molar-refractivity contribution in [1.82, 2.24) is 29.2 Å². The van der Waals surface area contributed by atoms with Crippen LogP contribution < -0.4 is 5.73 Å². The number of piperazine rings is 1. The number of nitrogen functional groups attached to an aromatic ring is 1. The van der Waals surface area contributed by atoms with Crippen molar-refractivity contribution >= 4 is 22.2 Å². The number of aromatic nitrogens is 4. The van der Waals surface area contributed by atoms with E-state index in [9.17, 15) is 0 Å². The average Bonchev–Trinajstić information content (AvgIpc) is 3.36. The Labute approximate surface area is 234 Å². The fourth-order valence-electron chi connectivity index (χ4n) is 6.28. The average molecular weight is 534 g/mol. The fourth-order valence-corrected chi connectivity index (χ4v) is 6.28. The summed E-state index contributed by atoms with van der Waals surface area (Å²) >= 11 is 0. The highest BCUT2D eigenvalue weighted by Gasteiger charge is 2.38. The molecule has 1 aliphatic carbocycles. The zero-order valence-electron chi connectivity index (χ0n) is 22.9. The predicted octanol–water partition coefficient (Wildman–Crippen LogP) is 4.70. The number of anilines is 1. The van der Waals surface area contributed by atoms with Crippen LogP contribution >= 0.6 is 0 Å². The molecule has 2 N–H and O–H groups in total. The Kier molecular flexibility index (Phi) is 6.67. The summed E-state index contributed by atoms with van der Waals surface area (Å²) in [5.41, 5.74) is 12.2. The zero-order valence-corrected chi connectivity index (χ0v) is 22.9. The smallest absolute Gasteiger partial charge is 0.150 e. The molecular weight excluding hydrogens is 498 g/mol. The van der Waals surface area contributed by atoms with Crippen LogP contribution in [0.5, 0.6) is 0 Å². The largest absolute Gasteiger partial charge is 0.383 e. The first-order chi connectivity index (χ1) is 19.7. The summed E-state index contributed by atoms with van der Waals surface area (Å²) in [4.78, 5) is 19.8. The van der Waals surface area contributed by atoms with Gasteiger partial charge in [0.1, 0.15) is 22.9 Å². The van der Waals surface area contributed by atoms with Crippen LogP contribution in [0.1, 0.15) is 24.6 Å². The van der Waals surface area contributed by atoms with Crippen LogP contribution in [0.2, 0.25) is 0 Å². The number of benzene rings is 2. The summed E-state index contributed by atoms with van der Waals surface area (Å²) < 4.78 is 7.42. The molecule has 2 aliphatic rings. The van der Waals surface area contributed by atoms with Gasteiger partial charge in [-0.2, -0.15) is 0 Å².